The maximum atomic E-state index is 14.7. The fourth-order valence-corrected chi connectivity index (χ4v) is 6.89. The third-order valence-electron chi connectivity index (χ3n) is 4.88. The summed E-state index contributed by atoms with van der Waals surface area (Å²) in [5.41, 5.74) is 4.37. The van der Waals surface area contributed by atoms with E-state index in [2.05, 4.69) is 4.99 Å². The summed E-state index contributed by atoms with van der Waals surface area (Å²) < 4.78 is 55.9. The second-order valence-corrected chi connectivity index (χ2v) is 11.0. The summed E-state index contributed by atoms with van der Waals surface area (Å²) in [6, 6.07) is 7.96. The van der Waals surface area contributed by atoms with E-state index in [0.29, 0.717) is 15.3 Å². The third kappa shape index (κ3) is 3.19. The number of hydrogen-bond acceptors (Lipinski definition) is 5. The van der Waals surface area contributed by atoms with E-state index in [1.54, 1.807) is 0 Å². The van der Waals surface area contributed by atoms with Gasteiger partial charge in [-0.25, -0.2) is 0 Å². The molecule has 0 saturated carbocycles. The Labute approximate surface area is 171 Å². The molecule has 11 heteroatoms. The van der Waals surface area contributed by atoms with Crippen LogP contribution in [0.4, 0.5) is 8.78 Å². The van der Waals surface area contributed by atoms with Gasteiger partial charge in [-0.05, 0) is 0 Å². The molecule has 7 nitrogen and oxygen atoms in total. The first kappa shape index (κ1) is 19.8. The van der Waals surface area contributed by atoms with Crippen LogP contribution in [0.3, 0.4) is 0 Å². The number of hydrogen-bond donors (Lipinski definition) is 1. The molecule has 2 heterocycles. The number of fused-ring (bicyclic) bond motifs is 1. The summed E-state index contributed by atoms with van der Waals surface area (Å²) in [4.78, 5) is 16.9. The second-order valence-electron chi connectivity index (χ2n) is 6.96. The number of guanidine groups is 1. The molecule has 0 bridgehead atoms. The molecule has 1 aromatic heterocycles. The Kier molecular flexibility index (Phi) is 4.45. The number of aliphatic imine (C=N–C) groups is 1. The van der Waals surface area contributed by atoms with Crippen molar-refractivity contribution >= 4 is 40.4 Å². The van der Waals surface area contributed by atoms with Crippen LogP contribution in [0.2, 0.25) is 0 Å². The number of nitrogens with zero attached hydrogens (tertiary/aromatic N) is 3. The van der Waals surface area contributed by atoms with Gasteiger partial charge in [0.05, 0.1) is 0 Å². The number of halogens is 2. The van der Waals surface area contributed by atoms with Crippen molar-refractivity contribution in [3.05, 3.63) is 63.9 Å². The van der Waals surface area contributed by atoms with Crippen LogP contribution in [0.15, 0.2) is 46.2 Å². The Morgan fingerprint density at radius 2 is 1.93 bits per heavy atom. The maximum absolute atomic E-state index is 14.7. The zero-order valence-corrected chi connectivity index (χ0v) is 17.9. The topological polar surface area (TPSA) is 97.8 Å². The average molecular weight is 485 g/mol. The molecule has 1 aliphatic heterocycles. The molecule has 3 aromatic rings. The monoisotopic (exact) mass is 486 g/mol. The van der Waals surface area contributed by atoms with Gasteiger partial charge in [-0.2, -0.15) is 0 Å². The summed E-state index contributed by atoms with van der Waals surface area (Å²) in [5.74, 6) is -1.81. The minimum absolute atomic E-state index is 0.0142. The molecule has 0 fully saturated rings. The number of rotatable bonds is 2. The molecule has 152 valence electrons. The molecule has 0 saturated heterocycles. The van der Waals surface area contributed by atoms with E-state index < -0.39 is 47.7 Å². The van der Waals surface area contributed by atoms with Crippen molar-refractivity contribution in [3.8, 4) is 5.69 Å². The number of aromatic nitrogens is 1. The first-order valence-electron chi connectivity index (χ1n) is 8.46. The Balaban J connectivity index is 1.91. The number of sulfonamides is 1. The van der Waals surface area contributed by atoms with Gasteiger partial charge < -0.3 is 0 Å². The molecule has 4 rings (SSSR count). The Bertz CT molecular complexity index is 1350. The van der Waals surface area contributed by atoms with E-state index in [9.17, 15) is 22.0 Å². The SMILES string of the molecule is CN1C(N)=N[C@](C)(c2cc(-n3[se]c4cc(F)ccc4c3=O)ccc2F)CS1(=O)=O. The van der Waals surface area contributed by atoms with Crippen LogP contribution in [-0.4, -0.2) is 49.8 Å². The van der Waals surface area contributed by atoms with Crippen LogP contribution >= 0.6 is 0 Å². The first-order chi connectivity index (χ1) is 13.5. The van der Waals surface area contributed by atoms with Crippen molar-refractivity contribution < 1.29 is 17.2 Å². The normalized spacial score (nSPS) is 21.4. The standard InChI is InChI=1S/C18H16F2N4O3SSe/c1-18(9-28(26,27)23(2)17(21)22-18)13-8-11(4-6-14(13)20)24-16(25)12-5-3-10(19)7-15(12)29-24/h3-8H,9H2,1-2H3,(H2,21,22)/t18-/m0/s1. The first-order valence-corrected chi connectivity index (χ1v) is 11.7. The van der Waals surface area contributed by atoms with Gasteiger partial charge in [0, 0.05) is 0 Å². The van der Waals surface area contributed by atoms with E-state index in [1.165, 1.54) is 53.9 Å². The van der Waals surface area contributed by atoms with E-state index in [0.717, 1.165) is 4.31 Å². The van der Waals surface area contributed by atoms with E-state index >= 15 is 0 Å². The average Bonchev–Trinajstić information content (AvgIpc) is 2.95. The van der Waals surface area contributed by atoms with Crippen LogP contribution in [0.1, 0.15) is 12.5 Å². The van der Waals surface area contributed by atoms with Crippen LogP contribution in [-0.2, 0) is 15.6 Å². The van der Waals surface area contributed by atoms with Gasteiger partial charge in [0.2, 0.25) is 0 Å². The Hall–Kier alpha value is -2.49. The van der Waals surface area contributed by atoms with Crippen molar-refractivity contribution in [3.63, 3.8) is 0 Å². The van der Waals surface area contributed by atoms with E-state index in [1.807, 2.05) is 0 Å². The van der Waals surface area contributed by atoms with Gasteiger partial charge in [-0.1, -0.05) is 0 Å². The zero-order chi connectivity index (χ0) is 21.1. The molecule has 1 atom stereocenters. The van der Waals surface area contributed by atoms with Gasteiger partial charge >= 0.3 is 171 Å². The van der Waals surface area contributed by atoms with Crippen LogP contribution in [0, 0.1) is 11.6 Å². The van der Waals surface area contributed by atoms with Crippen molar-refractivity contribution in [2.24, 2.45) is 10.7 Å². The summed E-state index contributed by atoms with van der Waals surface area (Å²) in [6.45, 7) is 1.48. The van der Waals surface area contributed by atoms with E-state index in [4.69, 9.17) is 5.73 Å². The molecule has 0 amide bonds. The fraction of sp³-hybridized carbons (Fsp3) is 0.222. The second kappa shape index (κ2) is 6.51. The third-order valence-corrected chi connectivity index (χ3v) is 9.12. The summed E-state index contributed by atoms with van der Waals surface area (Å²) in [5, 5.41) is 0.396. The van der Waals surface area contributed by atoms with Gasteiger partial charge in [-0.15, -0.1) is 0 Å². The summed E-state index contributed by atoms with van der Waals surface area (Å²) in [6.07, 6.45) is 0. The molecular formula is C18H16F2N4O3SSe. The molecule has 0 aliphatic carbocycles. The number of nitrogens with two attached hydrogens (primary N) is 1. The molecule has 0 radical (unpaired) electrons. The van der Waals surface area contributed by atoms with Crippen LogP contribution in [0.5, 0.6) is 0 Å². The molecule has 29 heavy (non-hydrogen) atoms. The minimum atomic E-state index is -3.78. The summed E-state index contributed by atoms with van der Waals surface area (Å²) in [7, 11) is -2.50. The predicted octanol–water partition coefficient (Wildman–Crippen LogP) is 1.13. The molecule has 2 aromatic carbocycles. The van der Waals surface area contributed by atoms with Crippen molar-refractivity contribution in [1.29, 1.82) is 0 Å². The number of benzene rings is 2. The fourth-order valence-electron chi connectivity index (χ4n) is 3.31. The zero-order valence-electron chi connectivity index (χ0n) is 15.4. The predicted molar refractivity (Wildman–Crippen MR) is 107 cm³/mol. The van der Waals surface area contributed by atoms with Crippen molar-refractivity contribution in [2.75, 3.05) is 12.8 Å². The Morgan fingerprint density at radius 3 is 2.62 bits per heavy atom. The van der Waals surface area contributed by atoms with Gasteiger partial charge in [0.15, 0.2) is 0 Å². The van der Waals surface area contributed by atoms with Crippen molar-refractivity contribution in [1.82, 2.24) is 7.87 Å². The quantitative estimate of drug-likeness (QED) is 0.551. The molecule has 0 unspecified atom stereocenters. The van der Waals surface area contributed by atoms with Gasteiger partial charge in [0.1, 0.15) is 0 Å². The van der Waals surface area contributed by atoms with Crippen LogP contribution in [0.25, 0.3) is 15.3 Å². The van der Waals surface area contributed by atoms with E-state index in [-0.39, 0.29) is 17.1 Å². The molecule has 2 N–H and O–H groups in total. The van der Waals surface area contributed by atoms with Crippen molar-refractivity contribution in [2.45, 2.75) is 12.5 Å². The Morgan fingerprint density at radius 1 is 1.21 bits per heavy atom. The van der Waals surface area contributed by atoms with Gasteiger partial charge in [0.25, 0.3) is 0 Å². The molecular weight excluding hydrogens is 469 g/mol. The van der Waals surface area contributed by atoms with Crippen LogP contribution < -0.4 is 11.3 Å². The van der Waals surface area contributed by atoms with Gasteiger partial charge in [-0.3, -0.25) is 0 Å². The molecule has 0 spiro atoms. The summed E-state index contributed by atoms with van der Waals surface area (Å²) >= 11 is -0.536. The molecule has 1 aliphatic rings.